The van der Waals surface area contributed by atoms with Gasteiger partial charge in [0.1, 0.15) is 11.5 Å². The summed E-state index contributed by atoms with van der Waals surface area (Å²) in [7, 11) is 1.55. The van der Waals surface area contributed by atoms with Gasteiger partial charge in [0, 0.05) is 16.1 Å². The molecule has 0 aliphatic rings. The molecule has 0 saturated heterocycles. The topological polar surface area (TPSA) is 55.8 Å². The third-order valence-corrected chi connectivity index (χ3v) is 3.65. The molecule has 0 spiro atoms. The molecule has 5 heteroatoms. The second-order valence-electron chi connectivity index (χ2n) is 4.45. The lowest BCUT2D eigenvalue weighted by atomic mass is 10.1. The minimum Gasteiger partial charge on any atom is -0.497 e. The molecule has 0 unspecified atom stereocenters. The predicted molar refractivity (Wildman–Crippen MR) is 87.9 cm³/mol. The summed E-state index contributed by atoms with van der Waals surface area (Å²) < 4.78 is 11.8. The summed E-state index contributed by atoms with van der Waals surface area (Å²) >= 11 is 2.21. The number of carbonyl (C=O) groups is 1. The summed E-state index contributed by atoms with van der Waals surface area (Å²) in [5.74, 6) is 0.120. The molecule has 0 saturated carbocycles. The van der Waals surface area contributed by atoms with E-state index in [2.05, 4.69) is 22.6 Å². The first-order chi connectivity index (χ1) is 10.1. The molecule has 4 nitrogen and oxygen atoms in total. The molecule has 0 aliphatic heterocycles. The van der Waals surface area contributed by atoms with E-state index in [1.165, 1.54) is 0 Å². The zero-order valence-electron chi connectivity index (χ0n) is 11.5. The van der Waals surface area contributed by atoms with Gasteiger partial charge in [-0.25, -0.2) is 4.79 Å². The van der Waals surface area contributed by atoms with Gasteiger partial charge in [-0.3, -0.25) is 0 Å². The molecule has 2 aromatic carbocycles. The van der Waals surface area contributed by atoms with Gasteiger partial charge < -0.3 is 14.6 Å². The molecule has 21 heavy (non-hydrogen) atoms. The van der Waals surface area contributed by atoms with Crippen LogP contribution in [0.25, 0.3) is 0 Å². The highest BCUT2D eigenvalue weighted by atomic mass is 127. The fraction of sp³-hybridized carbons (Fsp3) is 0.188. The van der Waals surface area contributed by atoms with Crippen molar-refractivity contribution in [1.82, 2.24) is 0 Å². The molecule has 1 atom stereocenters. The van der Waals surface area contributed by atoms with Crippen LogP contribution in [0.1, 0.15) is 5.56 Å². The van der Waals surface area contributed by atoms with Crippen LogP contribution < -0.4 is 9.47 Å². The van der Waals surface area contributed by atoms with Crippen LogP contribution in [0.4, 0.5) is 0 Å². The number of aliphatic carboxylic acids is 1. The Morgan fingerprint density at radius 1 is 1.19 bits per heavy atom. The Balaban J connectivity index is 2.11. The van der Waals surface area contributed by atoms with Crippen LogP contribution in [0.2, 0.25) is 0 Å². The van der Waals surface area contributed by atoms with Crippen molar-refractivity contribution in [3.63, 3.8) is 0 Å². The largest absolute Gasteiger partial charge is 0.497 e. The normalized spacial score (nSPS) is 11.7. The van der Waals surface area contributed by atoms with Crippen molar-refractivity contribution >= 4 is 28.6 Å². The van der Waals surface area contributed by atoms with Gasteiger partial charge in [-0.2, -0.15) is 0 Å². The van der Waals surface area contributed by atoms with Gasteiger partial charge >= 0.3 is 5.97 Å². The zero-order valence-corrected chi connectivity index (χ0v) is 13.6. The molecule has 2 rings (SSSR count). The fourth-order valence-corrected chi connectivity index (χ4v) is 2.21. The quantitative estimate of drug-likeness (QED) is 0.759. The third kappa shape index (κ3) is 4.63. The maximum Gasteiger partial charge on any atom is 0.345 e. The van der Waals surface area contributed by atoms with E-state index in [4.69, 9.17) is 9.47 Å². The van der Waals surface area contributed by atoms with E-state index >= 15 is 0 Å². The van der Waals surface area contributed by atoms with Crippen molar-refractivity contribution in [2.24, 2.45) is 0 Å². The SMILES string of the molecule is COc1cccc(O[C@@H](Cc2ccc(I)cc2)C(=O)O)c1. The molecule has 110 valence electrons. The van der Waals surface area contributed by atoms with E-state index in [0.29, 0.717) is 17.9 Å². The number of carboxylic acids is 1. The summed E-state index contributed by atoms with van der Waals surface area (Å²) in [6, 6.07) is 14.6. The van der Waals surface area contributed by atoms with E-state index < -0.39 is 12.1 Å². The van der Waals surface area contributed by atoms with Crippen molar-refractivity contribution in [3.8, 4) is 11.5 Å². The number of carboxylic acid groups (broad SMARTS) is 1. The molecule has 0 aromatic heterocycles. The molecule has 0 heterocycles. The summed E-state index contributed by atoms with van der Waals surface area (Å²) in [5.41, 5.74) is 0.922. The van der Waals surface area contributed by atoms with Gasteiger partial charge in [-0.1, -0.05) is 18.2 Å². The molecule has 0 fully saturated rings. The molecule has 2 aromatic rings. The van der Waals surface area contributed by atoms with Crippen molar-refractivity contribution in [1.29, 1.82) is 0 Å². The van der Waals surface area contributed by atoms with Crippen molar-refractivity contribution < 1.29 is 19.4 Å². The summed E-state index contributed by atoms with van der Waals surface area (Å²) in [6.07, 6.45) is -0.624. The Hall–Kier alpha value is -1.76. The lowest BCUT2D eigenvalue weighted by molar-refractivity contribution is -0.145. The van der Waals surface area contributed by atoms with Gasteiger partial charge in [-0.15, -0.1) is 0 Å². The van der Waals surface area contributed by atoms with Gasteiger partial charge in [0.15, 0.2) is 6.10 Å². The molecular weight excluding hydrogens is 383 g/mol. The zero-order chi connectivity index (χ0) is 15.2. The van der Waals surface area contributed by atoms with Crippen LogP contribution in [-0.4, -0.2) is 24.3 Å². The average Bonchev–Trinajstić information content (AvgIpc) is 2.49. The molecule has 0 aliphatic carbocycles. The molecule has 0 amide bonds. The first kappa shape index (κ1) is 15.6. The van der Waals surface area contributed by atoms with Crippen molar-refractivity contribution in [2.75, 3.05) is 7.11 Å². The molecule has 1 N–H and O–H groups in total. The van der Waals surface area contributed by atoms with Crippen LogP contribution in [0, 0.1) is 3.57 Å². The van der Waals surface area contributed by atoms with Crippen LogP contribution >= 0.6 is 22.6 Å². The lowest BCUT2D eigenvalue weighted by Gasteiger charge is -2.15. The first-order valence-electron chi connectivity index (χ1n) is 6.36. The Labute approximate surface area is 136 Å². The van der Waals surface area contributed by atoms with Crippen molar-refractivity contribution in [3.05, 3.63) is 57.7 Å². The highest BCUT2D eigenvalue weighted by Crippen LogP contribution is 2.21. The molecular formula is C16H15IO4. The minimum absolute atomic E-state index is 0.309. The van der Waals surface area contributed by atoms with Gasteiger partial charge in [0.25, 0.3) is 0 Å². The smallest absolute Gasteiger partial charge is 0.345 e. The van der Waals surface area contributed by atoms with Crippen LogP contribution in [-0.2, 0) is 11.2 Å². The van der Waals surface area contributed by atoms with Crippen LogP contribution in [0.3, 0.4) is 0 Å². The number of benzene rings is 2. The van der Waals surface area contributed by atoms with E-state index in [1.54, 1.807) is 31.4 Å². The van der Waals surface area contributed by atoms with Gasteiger partial charge in [0.2, 0.25) is 0 Å². The summed E-state index contributed by atoms with van der Waals surface area (Å²) in [4.78, 5) is 11.4. The van der Waals surface area contributed by atoms with Crippen LogP contribution in [0.15, 0.2) is 48.5 Å². The molecule has 0 radical (unpaired) electrons. The lowest BCUT2D eigenvalue weighted by Crippen LogP contribution is -2.29. The van der Waals surface area contributed by atoms with Gasteiger partial charge in [-0.05, 0) is 52.4 Å². The monoisotopic (exact) mass is 398 g/mol. The van der Waals surface area contributed by atoms with Crippen molar-refractivity contribution in [2.45, 2.75) is 12.5 Å². The Morgan fingerprint density at radius 3 is 2.48 bits per heavy atom. The number of hydrogen-bond donors (Lipinski definition) is 1. The fourth-order valence-electron chi connectivity index (χ4n) is 1.85. The Bertz CT molecular complexity index is 610. The minimum atomic E-state index is -0.989. The highest BCUT2D eigenvalue weighted by Gasteiger charge is 2.20. The number of hydrogen-bond acceptors (Lipinski definition) is 3. The van der Waals surface area contributed by atoms with Gasteiger partial charge in [0.05, 0.1) is 7.11 Å². The maximum absolute atomic E-state index is 11.4. The second-order valence-corrected chi connectivity index (χ2v) is 5.70. The second kappa shape index (κ2) is 7.31. The third-order valence-electron chi connectivity index (χ3n) is 2.93. The summed E-state index contributed by atoms with van der Waals surface area (Å²) in [5, 5.41) is 9.32. The maximum atomic E-state index is 11.4. The average molecular weight is 398 g/mol. The Kier molecular flexibility index (Phi) is 5.44. The Morgan fingerprint density at radius 2 is 1.86 bits per heavy atom. The summed E-state index contributed by atoms with van der Waals surface area (Å²) in [6.45, 7) is 0. The van der Waals surface area contributed by atoms with E-state index in [-0.39, 0.29) is 0 Å². The molecule has 0 bridgehead atoms. The number of rotatable bonds is 6. The van der Waals surface area contributed by atoms with E-state index in [9.17, 15) is 9.90 Å². The number of methoxy groups -OCH3 is 1. The number of halogens is 1. The predicted octanol–water partition coefficient (Wildman–Crippen LogP) is 3.37. The van der Waals surface area contributed by atoms with Crippen LogP contribution in [0.5, 0.6) is 11.5 Å². The first-order valence-corrected chi connectivity index (χ1v) is 7.44. The van der Waals surface area contributed by atoms with E-state index in [0.717, 1.165) is 9.13 Å². The number of ether oxygens (including phenoxy) is 2. The highest BCUT2D eigenvalue weighted by molar-refractivity contribution is 14.1. The van der Waals surface area contributed by atoms with E-state index in [1.807, 2.05) is 24.3 Å². The standard InChI is InChI=1S/C16H15IO4/c1-20-13-3-2-4-14(10-13)21-15(16(18)19)9-11-5-7-12(17)8-6-11/h2-8,10,15H,9H2,1H3,(H,18,19)/t15-/m0/s1.